The molecule has 0 bridgehead atoms. The van der Waals surface area contributed by atoms with E-state index in [1.807, 2.05) is 65.0 Å². The van der Waals surface area contributed by atoms with Crippen molar-refractivity contribution in [1.82, 2.24) is 4.90 Å². The Hall–Kier alpha value is -2.24. The zero-order valence-corrected chi connectivity index (χ0v) is 18.1. The molecule has 0 aromatic heterocycles. The molecule has 158 valence electrons. The highest BCUT2D eigenvalue weighted by Gasteiger charge is 2.22. The van der Waals surface area contributed by atoms with Crippen molar-refractivity contribution in [1.29, 1.82) is 0 Å². The monoisotopic (exact) mass is 393 g/mol. The summed E-state index contributed by atoms with van der Waals surface area (Å²) in [6.07, 6.45) is 0.449. The molecule has 0 aliphatic carbocycles. The maximum absolute atomic E-state index is 12.2. The summed E-state index contributed by atoms with van der Waals surface area (Å²) < 4.78 is 15.6. The number of amides is 1. The molecule has 0 aliphatic rings. The van der Waals surface area contributed by atoms with E-state index in [4.69, 9.17) is 14.2 Å². The van der Waals surface area contributed by atoms with Crippen molar-refractivity contribution in [3.8, 4) is 0 Å². The molecule has 28 heavy (non-hydrogen) atoms. The fourth-order valence-electron chi connectivity index (χ4n) is 2.38. The van der Waals surface area contributed by atoms with Gasteiger partial charge in [0.2, 0.25) is 0 Å². The van der Waals surface area contributed by atoms with Crippen LogP contribution >= 0.6 is 0 Å². The van der Waals surface area contributed by atoms with Crippen molar-refractivity contribution in [3.63, 3.8) is 0 Å². The average Bonchev–Trinajstić information content (AvgIpc) is 2.62. The number of ether oxygens (including phenoxy) is 3. The van der Waals surface area contributed by atoms with Crippen LogP contribution in [0.2, 0.25) is 0 Å². The van der Waals surface area contributed by atoms with Crippen LogP contribution in [0.4, 0.5) is 9.59 Å². The van der Waals surface area contributed by atoms with E-state index in [2.05, 4.69) is 0 Å². The Labute approximate surface area is 169 Å². The molecule has 0 unspecified atom stereocenters. The van der Waals surface area contributed by atoms with Gasteiger partial charge < -0.3 is 19.1 Å². The van der Waals surface area contributed by atoms with Crippen LogP contribution in [0.5, 0.6) is 0 Å². The average molecular weight is 394 g/mol. The van der Waals surface area contributed by atoms with Crippen LogP contribution in [-0.2, 0) is 20.8 Å². The second-order valence-electron chi connectivity index (χ2n) is 9.11. The Morgan fingerprint density at radius 1 is 0.929 bits per heavy atom. The molecule has 0 radical (unpaired) electrons. The van der Waals surface area contributed by atoms with Crippen LogP contribution in [0, 0.1) is 10.8 Å². The first-order valence-corrected chi connectivity index (χ1v) is 9.70. The number of nitrogens with zero attached hydrogens (tertiary/aromatic N) is 1. The van der Waals surface area contributed by atoms with E-state index >= 15 is 0 Å². The van der Waals surface area contributed by atoms with Crippen molar-refractivity contribution in [2.75, 3.05) is 26.9 Å². The lowest BCUT2D eigenvalue weighted by Gasteiger charge is -2.26. The smallest absolute Gasteiger partial charge is 0.449 e. The molecule has 0 heterocycles. The van der Waals surface area contributed by atoms with Gasteiger partial charge in [-0.15, -0.1) is 0 Å². The molecule has 0 aliphatic heterocycles. The van der Waals surface area contributed by atoms with E-state index in [1.165, 1.54) is 0 Å². The fraction of sp³-hybridized carbons (Fsp3) is 0.636. The van der Waals surface area contributed by atoms with Crippen molar-refractivity contribution in [2.24, 2.45) is 10.8 Å². The minimum atomic E-state index is -0.637. The topological polar surface area (TPSA) is 65.1 Å². The molecule has 6 nitrogen and oxygen atoms in total. The quantitative estimate of drug-likeness (QED) is 0.423. The number of benzene rings is 1. The third-order valence-corrected chi connectivity index (χ3v) is 4.00. The molecular formula is C22H35NO5. The lowest BCUT2D eigenvalue weighted by atomic mass is 9.89. The van der Waals surface area contributed by atoms with Crippen molar-refractivity contribution < 1.29 is 23.8 Å². The Kier molecular flexibility index (Phi) is 9.29. The number of carbonyl (C=O) groups is 2. The van der Waals surface area contributed by atoms with Crippen LogP contribution in [0.3, 0.4) is 0 Å². The van der Waals surface area contributed by atoms with Crippen LogP contribution in [0.15, 0.2) is 30.3 Å². The molecule has 1 rings (SSSR count). The maximum Gasteiger partial charge on any atom is 0.508 e. The summed E-state index contributed by atoms with van der Waals surface area (Å²) in [5.41, 5.74) is 0.761. The van der Waals surface area contributed by atoms with Gasteiger partial charge in [-0.1, -0.05) is 65.0 Å². The third-order valence-electron chi connectivity index (χ3n) is 4.00. The Morgan fingerprint density at radius 2 is 1.57 bits per heavy atom. The van der Waals surface area contributed by atoms with E-state index in [1.54, 1.807) is 11.9 Å². The van der Waals surface area contributed by atoms with Crippen LogP contribution < -0.4 is 0 Å². The molecule has 0 fully saturated rings. The fourth-order valence-corrected chi connectivity index (χ4v) is 2.38. The summed E-state index contributed by atoms with van der Waals surface area (Å²) in [6.45, 7) is 11.4. The predicted molar refractivity (Wildman–Crippen MR) is 109 cm³/mol. The highest BCUT2D eigenvalue weighted by molar-refractivity contribution is 5.67. The largest absolute Gasteiger partial charge is 0.508 e. The van der Waals surface area contributed by atoms with Crippen molar-refractivity contribution >= 4 is 12.2 Å². The number of hydrogen-bond acceptors (Lipinski definition) is 5. The molecule has 1 amide bonds. The predicted octanol–water partition coefficient (Wildman–Crippen LogP) is 5.26. The number of carbonyl (C=O) groups excluding carboxylic acids is 2. The van der Waals surface area contributed by atoms with Gasteiger partial charge in [0, 0.05) is 13.6 Å². The standard InChI is InChI=1S/C22H35NO5/c1-21(2,3)16-28-20(25)26-14-10-13-22(4,5)17-27-19(24)23(6)15-18-11-8-7-9-12-18/h7-9,11-12H,10,13-17H2,1-6H3. The number of hydrogen-bond donors (Lipinski definition) is 0. The van der Waals surface area contributed by atoms with Crippen LogP contribution in [-0.4, -0.2) is 44.0 Å². The summed E-state index contributed by atoms with van der Waals surface area (Å²) >= 11 is 0. The minimum Gasteiger partial charge on any atom is -0.449 e. The number of rotatable bonds is 9. The molecule has 0 saturated carbocycles. The molecule has 0 saturated heterocycles. The van der Waals surface area contributed by atoms with Gasteiger partial charge in [0.05, 0.1) is 19.8 Å². The molecule has 0 spiro atoms. The second kappa shape index (κ2) is 10.9. The molecule has 0 N–H and O–H groups in total. The third kappa shape index (κ3) is 10.8. The summed E-state index contributed by atoms with van der Waals surface area (Å²) in [6, 6.07) is 9.77. The van der Waals surface area contributed by atoms with Gasteiger partial charge in [-0.25, -0.2) is 9.59 Å². The summed E-state index contributed by atoms with van der Waals surface area (Å²) in [7, 11) is 1.72. The normalized spacial score (nSPS) is 11.6. The van der Waals surface area contributed by atoms with Crippen LogP contribution in [0.1, 0.15) is 53.0 Å². The van der Waals surface area contributed by atoms with Gasteiger partial charge >= 0.3 is 12.2 Å². The van der Waals surface area contributed by atoms with Gasteiger partial charge in [0.1, 0.15) is 0 Å². The first-order chi connectivity index (χ1) is 13.0. The summed E-state index contributed by atoms with van der Waals surface area (Å²) in [5.74, 6) is 0. The van der Waals surface area contributed by atoms with Crippen molar-refractivity contribution in [2.45, 2.75) is 54.0 Å². The molecule has 0 atom stereocenters. The Morgan fingerprint density at radius 3 is 2.18 bits per heavy atom. The van der Waals surface area contributed by atoms with E-state index in [-0.39, 0.29) is 23.5 Å². The van der Waals surface area contributed by atoms with Gasteiger partial charge in [0.15, 0.2) is 0 Å². The van der Waals surface area contributed by atoms with E-state index < -0.39 is 6.16 Å². The molecular weight excluding hydrogens is 358 g/mol. The highest BCUT2D eigenvalue weighted by Crippen LogP contribution is 2.23. The summed E-state index contributed by atoms with van der Waals surface area (Å²) in [4.78, 5) is 25.3. The lowest BCUT2D eigenvalue weighted by Crippen LogP contribution is -2.31. The summed E-state index contributed by atoms with van der Waals surface area (Å²) in [5, 5.41) is 0. The molecule has 1 aromatic carbocycles. The van der Waals surface area contributed by atoms with E-state index in [0.717, 1.165) is 12.0 Å². The molecule has 1 aromatic rings. The van der Waals surface area contributed by atoms with Gasteiger partial charge in [-0.3, -0.25) is 0 Å². The van der Waals surface area contributed by atoms with E-state index in [9.17, 15) is 9.59 Å². The van der Waals surface area contributed by atoms with Gasteiger partial charge in [-0.05, 0) is 29.2 Å². The first kappa shape index (κ1) is 23.8. The van der Waals surface area contributed by atoms with E-state index in [0.29, 0.717) is 26.2 Å². The zero-order valence-electron chi connectivity index (χ0n) is 18.1. The Balaban J connectivity index is 2.24. The lowest BCUT2D eigenvalue weighted by molar-refractivity contribution is 0.0283. The minimum absolute atomic E-state index is 0.0848. The first-order valence-electron chi connectivity index (χ1n) is 9.70. The highest BCUT2D eigenvalue weighted by atomic mass is 16.7. The second-order valence-corrected chi connectivity index (χ2v) is 9.11. The molecule has 6 heteroatoms. The van der Waals surface area contributed by atoms with Gasteiger partial charge in [-0.2, -0.15) is 0 Å². The zero-order chi connectivity index (χ0) is 21.2. The SMILES string of the molecule is CN(Cc1ccccc1)C(=O)OCC(C)(C)CCCOC(=O)OCC(C)(C)C. The van der Waals surface area contributed by atoms with Crippen molar-refractivity contribution in [3.05, 3.63) is 35.9 Å². The maximum atomic E-state index is 12.2. The van der Waals surface area contributed by atoms with Crippen LogP contribution in [0.25, 0.3) is 0 Å². The Bertz CT molecular complexity index is 607. The van der Waals surface area contributed by atoms with Gasteiger partial charge in [0.25, 0.3) is 0 Å².